The Labute approximate surface area is 147 Å². The Morgan fingerprint density at radius 1 is 0.833 bits per heavy atom. The van der Waals surface area contributed by atoms with Gasteiger partial charge in [0, 0.05) is 0 Å². The van der Waals surface area contributed by atoms with Gasteiger partial charge >= 0.3 is 5.97 Å². The van der Waals surface area contributed by atoms with Gasteiger partial charge in [-0.15, -0.1) is 0 Å². The smallest absolute Gasteiger partial charge is 0.308 e. The Morgan fingerprint density at radius 3 is 1.83 bits per heavy atom. The second-order valence-electron chi connectivity index (χ2n) is 9.47. The average Bonchev–Trinajstić information content (AvgIpc) is 2.58. The largest absolute Gasteiger partial charge is 0.469 e. The predicted octanol–water partition coefficient (Wildman–Crippen LogP) is 5.37. The summed E-state index contributed by atoms with van der Waals surface area (Å²) >= 11 is 0. The van der Waals surface area contributed by atoms with E-state index in [4.69, 9.17) is 4.74 Å². The van der Waals surface area contributed by atoms with E-state index in [1.54, 1.807) is 12.0 Å². The van der Waals surface area contributed by atoms with E-state index in [2.05, 4.69) is 6.58 Å². The monoisotopic (exact) mass is 330 g/mol. The third kappa shape index (κ3) is 3.30. The minimum absolute atomic E-state index is 0.0246. The second kappa shape index (κ2) is 6.84. The van der Waals surface area contributed by atoms with Crippen molar-refractivity contribution in [1.29, 1.82) is 0 Å². The van der Waals surface area contributed by atoms with Crippen molar-refractivity contribution < 1.29 is 9.53 Å². The molecule has 0 amide bonds. The molecule has 3 atom stereocenters. The van der Waals surface area contributed by atoms with E-state index in [0.717, 1.165) is 48.3 Å². The zero-order valence-electron chi connectivity index (χ0n) is 15.3. The molecule has 134 valence electrons. The van der Waals surface area contributed by atoms with Crippen LogP contribution in [0, 0.1) is 41.4 Å². The van der Waals surface area contributed by atoms with Gasteiger partial charge in [0.15, 0.2) is 0 Å². The molecule has 2 nitrogen and oxygen atoms in total. The SMILES string of the molecule is C=C1C2CC3CC(C2)CC1C3.COC(=O)C1C[C@H]2CCC[C@@H](C1)C2. The predicted molar refractivity (Wildman–Crippen MR) is 96.4 cm³/mol. The lowest BCUT2D eigenvalue weighted by molar-refractivity contribution is -0.148. The van der Waals surface area contributed by atoms with Crippen molar-refractivity contribution >= 4 is 5.97 Å². The Morgan fingerprint density at radius 2 is 1.33 bits per heavy atom. The lowest BCUT2D eigenvalue weighted by Crippen LogP contribution is -2.39. The van der Waals surface area contributed by atoms with E-state index in [9.17, 15) is 4.79 Å². The van der Waals surface area contributed by atoms with Gasteiger partial charge in [-0.1, -0.05) is 31.4 Å². The molecule has 6 fully saturated rings. The molecular weight excluding hydrogens is 296 g/mol. The first-order valence-electron chi connectivity index (χ1n) is 10.4. The van der Waals surface area contributed by atoms with E-state index >= 15 is 0 Å². The Kier molecular flexibility index (Phi) is 4.75. The highest BCUT2D eigenvalue weighted by molar-refractivity contribution is 5.72. The molecule has 1 unspecified atom stereocenters. The molecule has 0 N–H and O–H groups in total. The second-order valence-corrected chi connectivity index (χ2v) is 9.47. The normalized spacial score (nSPS) is 45.4. The molecule has 6 saturated carbocycles. The maximum absolute atomic E-state index is 11.4. The molecule has 6 bridgehead atoms. The van der Waals surface area contributed by atoms with Crippen LogP contribution in [0.2, 0.25) is 0 Å². The van der Waals surface area contributed by atoms with Gasteiger partial charge in [-0.2, -0.15) is 0 Å². The Balaban J connectivity index is 0.000000123. The number of carbonyl (C=O) groups is 1. The zero-order valence-corrected chi connectivity index (χ0v) is 15.3. The number of carbonyl (C=O) groups excluding carboxylic acids is 1. The van der Waals surface area contributed by atoms with Crippen molar-refractivity contribution in [3.05, 3.63) is 12.2 Å². The molecule has 24 heavy (non-hydrogen) atoms. The fraction of sp³-hybridized carbons (Fsp3) is 0.864. The number of rotatable bonds is 1. The summed E-state index contributed by atoms with van der Waals surface area (Å²) in [5, 5.41) is 0. The molecule has 0 radical (unpaired) electrons. The van der Waals surface area contributed by atoms with Gasteiger partial charge < -0.3 is 4.74 Å². The van der Waals surface area contributed by atoms with Gasteiger partial charge in [0.2, 0.25) is 0 Å². The first kappa shape index (κ1) is 16.7. The van der Waals surface area contributed by atoms with Crippen LogP contribution in [0.15, 0.2) is 12.2 Å². The van der Waals surface area contributed by atoms with E-state index in [1.165, 1.54) is 58.5 Å². The molecule has 0 aromatic rings. The zero-order chi connectivity index (χ0) is 16.7. The molecule has 6 aliphatic rings. The summed E-state index contributed by atoms with van der Waals surface area (Å²) in [5.41, 5.74) is 1.62. The molecule has 0 heterocycles. The fourth-order valence-corrected chi connectivity index (χ4v) is 6.88. The minimum Gasteiger partial charge on any atom is -0.469 e. The average molecular weight is 331 g/mol. The van der Waals surface area contributed by atoms with Crippen LogP contribution < -0.4 is 0 Å². The lowest BCUT2D eigenvalue weighted by Gasteiger charge is -2.51. The summed E-state index contributed by atoms with van der Waals surface area (Å²) in [6.07, 6.45) is 15.1. The molecule has 0 aromatic heterocycles. The van der Waals surface area contributed by atoms with E-state index in [1.807, 2.05) is 0 Å². The third-order valence-corrected chi connectivity index (χ3v) is 7.85. The first-order chi connectivity index (χ1) is 11.6. The molecule has 0 spiro atoms. The fourth-order valence-electron chi connectivity index (χ4n) is 6.88. The Bertz CT molecular complexity index is 452. The number of fused-ring (bicyclic) bond motifs is 2. The number of hydrogen-bond acceptors (Lipinski definition) is 2. The van der Waals surface area contributed by atoms with Crippen LogP contribution in [0.4, 0.5) is 0 Å². The number of esters is 1. The maximum Gasteiger partial charge on any atom is 0.308 e. The highest BCUT2D eigenvalue weighted by atomic mass is 16.5. The van der Waals surface area contributed by atoms with Crippen molar-refractivity contribution in [1.82, 2.24) is 0 Å². The van der Waals surface area contributed by atoms with Gasteiger partial charge in [-0.25, -0.2) is 0 Å². The van der Waals surface area contributed by atoms with Crippen LogP contribution in [-0.2, 0) is 9.53 Å². The highest BCUT2D eigenvalue weighted by Gasteiger charge is 2.44. The lowest BCUT2D eigenvalue weighted by atomic mass is 9.54. The molecule has 0 aromatic carbocycles. The van der Waals surface area contributed by atoms with Gasteiger partial charge in [0.1, 0.15) is 0 Å². The van der Waals surface area contributed by atoms with E-state index in [0.29, 0.717) is 0 Å². The Hall–Kier alpha value is -0.790. The summed E-state index contributed by atoms with van der Waals surface area (Å²) in [5.74, 6) is 5.97. The summed E-state index contributed by atoms with van der Waals surface area (Å²) in [4.78, 5) is 11.4. The van der Waals surface area contributed by atoms with Gasteiger partial charge in [-0.05, 0) is 86.9 Å². The standard InChI is InChI=1S/C11H18O2.C11H16/c1-13-11(12)10-6-8-3-2-4-9(5-8)7-10;1-7-10-3-8-2-9(5-10)6-11(7)4-8/h8-10H,2-7H2,1H3;8-11H,1-6H2/t8-,9+,10?;. The van der Waals surface area contributed by atoms with Crippen LogP contribution in [0.5, 0.6) is 0 Å². The molecule has 6 aliphatic carbocycles. The molecule has 2 heteroatoms. The number of hydrogen-bond donors (Lipinski definition) is 0. The van der Waals surface area contributed by atoms with Crippen LogP contribution in [-0.4, -0.2) is 13.1 Å². The van der Waals surface area contributed by atoms with Gasteiger partial charge in [0.25, 0.3) is 0 Å². The van der Waals surface area contributed by atoms with Crippen molar-refractivity contribution in [3.8, 4) is 0 Å². The van der Waals surface area contributed by atoms with Gasteiger partial charge in [-0.3, -0.25) is 4.79 Å². The first-order valence-corrected chi connectivity index (χ1v) is 10.4. The van der Waals surface area contributed by atoms with Crippen molar-refractivity contribution in [2.45, 2.75) is 70.6 Å². The molecule has 6 rings (SSSR count). The topological polar surface area (TPSA) is 26.3 Å². The molecule has 0 saturated heterocycles. The summed E-state index contributed by atoms with van der Waals surface area (Å²) in [7, 11) is 1.51. The number of ether oxygens (including phenoxy) is 1. The maximum atomic E-state index is 11.4. The minimum atomic E-state index is 0.0246. The summed E-state index contributed by atoms with van der Waals surface area (Å²) in [6, 6.07) is 0. The van der Waals surface area contributed by atoms with Crippen LogP contribution in [0.25, 0.3) is 0 Å². The molecular formula is C22H34O2. The van der Waals surface area contributed by atoms with Crippen molar-refractivity contribution in [2.75, 3.05) is 7.11 Å². The van der Waals surface area contributed by atoms with E-state index in [-0.39, 0.29) is 11.9 Å². The highest BCUT2D eigenvalue weighted by Crippen LogP contribution is 2.55. The quantitative estimate of drug-likeness (QED) is 0.477. The summed E-state index contributed by atoms with van der Waals surface area (Å²) < 4.78 is 4.82. The van der Waals surface area contributed by atoms with Crippen molar-refractivity contribution in [2.24, 2.45) is 41.4 Å². The number of allylic oxidation sites excluding steroid dienone is 1. The van der Waals surface area contributed by atoms with Crippen molar-refractivity contribution in [3.63, 3.8) is 0 Å². The van der Waals surface area contributed by atoms with Gasteiger partial charge in [0.05, 0.1) is 13.0 Å². The summed E-state index contributed by atoms with van der Waals surface area (Å²) in [6.45, 7) is 4.25. The number of methoxy groups -OCH3 is 1. The molecule has 0 aliphatic heterocycles. The van der Waals surface area contributed by atoms with Crippen LogP contribution in [0.3, 0.4) is 0 Å². The van der Waals surface area contributed by atoms with Crippen LogP contribution >= 0.6 is 0 Å². The van der Waals surface area contributed by atoms with Crippen LogP contribution in [0.1, 0.15) is 70.6 Å². The van der Waals surface area contributed by atoms with E-state index < -0.39 is 0 Å². The third-order valence-electron chi connectivity index (χ3n) is 7.85.